The fourth-order valence-electron chi connectivity index (χ4n) is 2.13. The summed E-state index contributed by atoms with van der Waals surface area (Å²) in [5, 5.41) is 0. The van der Waals surface area contributed by atoms with Gasteiger partial charge in [0.25, 0.3) is 0 Å². The van der Waals surface area contributed by atoms with Crippen molar-refractivity contribution in [3.63, 3.8) is 0 Å². The van der Waals surface area contributed by atoms with Crippen LogP contribution in [0.1, 0.15) is 12.0 Å². The molecule has 0 spiro atoms. The van der Waals surface area contributed by atoms with Crippen LogP contribution in [-0.2, 0) is 14.8 Å². The Balaban J connectivity index is 2.31. The van der Waals surface area contributed by atoms with Crippen LogP contribution in [0.25, 0.3) is 0 Å². The lowest BCUT2D eigenvalue weighted by molar-refractivity contribution is -0.121. The van der Waals surface area contributed by atoms with Gasteiger partial charge >= 0.3 is 0 Å². The molecule has 2 N–H and O–H groups in total. The van der Waals surface area contributed by atoms with E-state index in [1.54, 1.807) is 18.2 Å². The summed E-state index contributed by atoms with van der Waals surface area (Å²) in [5.41, 5.74) is 6.20. The van der Waals surface area contributed by atoms with Crippen molar-refractivity contribution in [1.29, 1.82) is 0 Å². The van der Waals surface area contributed by atoms with Crippen LogP contribution in [0.4, 0.5) is 0 Å². The second kappa shape index (κ2) is 5.22. The molecule has 1 aromatic rings. The molecule has 0 saturated carbocycles. The molecule has 19 heavy (non-hydrogen) atoms. The van der Waals surface area contributed by atoms with Crippen LogP contribution in [0.5, 0.6) is 0 Å². The van der Waals surface area contributed by atoms with E-state index in [9.17, 15) is 13.2 Å². The normalized spacial score (nSPS) is 20.6. The van der Waals surface area contributed by atoms with E-state index in [0.717, 1.165) is 5.56 Å². The predicted molar refractivity (Wildman–Crippen MR) is 74.9 cm³/mol. The summed E-state index contributed by atoms with van der Waals surface area (Å²) in [4.78, 5) is 11.3. The van der Waals surface area contributed by atoms with Crippen molar-refractivity contribution in [3.05, 3.63) is 28.2 Å². The Labute approximate surface area is 121 Å². The van der Waals surface area contributed by atoms with Crippen LogP contribution in [0.3, 0.4) is 0 Å². The molecule has 1 amide bonds. The number of carbonyl (C=O) groups is 1. The number of halogens is 1. The number of nitrogens with zero attached hydrogens (tertiary/aromatic N) is 1. The van der Waals surface area contributed by atoms with Gasteiger partial charge in [0, 0.05) is 17.6 Å². The fourth-order valence-corrected chi connectivity index (χ4v) is 4.79. The summed E-state index contributed by atoms with van der Waals surface area (Å²) in [5.74, 6) is -0.834. The van der Waals surface area contributed by atoms with Crippen molar-refractivity contribution < 1.29 is 13.2 Å². The van der Waals surface area contributed by atoms with Crippen molar-refractivity contribution in [2.75, 3.05) is 13.1 Å². The van der Waals surface area contributed by atoms with E-state index < -0.39 is 15.9 Å². The van der Waals surface area contributed by atoms with Gasteiger partial charge in [0.05, 0.1) is 10.8 Å². The molecule has 5 nitrogen and oxygen atoms in total. The SMILES string of the molecule is Cc1ccc(S(=O)(=O)N2CCC(C(N)=O)C2)c(Br)c1. The Morgan fingerprint density at radius 3 is 2.68 bits per heavy atom. The number of aryl methyl sites for hydroxylation is 1. The van der Waals surface area contributed by atoms with E-state index in [4.69, 9.17) is 5.73 Å². The second-order valence-electron chi connectivity index (χ2n) is 4.68. The summed E-state index contributed by atoms with van der Waals surface area (Å²) in [7, 11) is -3.57. The molecule has 2 rings (SSSR count). The highest BCUT2D eigenvalue weighted by atomic mass is 79.9. The number of primary amides is 1. The Hall–Kier alpha value is -0.920. The number of benzene rings is 1. The number of rotatable bonds is 3. The largest absolute Gasteiger partial charge is 0.369 e. The Morgan fingerprint density at radius 1 is 1.47 bits per heavy atom. The summed E-state index contributed by atoms with van der Waals surface area (Å²) in [6.07, 6.45) is 0.484. The van der Waals surface area contributed by atoms with Gasteiger partial charge in [0.2, 0.25) is 15.9 Å². The third-order valence-corrected chi connectivity index (χ3v) is 6.10. The van der Waals surface area contributed by atoms with Gasteiger partial charge in [-0.15, -0.1) is 0 Å². The molecular weight excluding hydrogens is 332 g/mol. The smallest absolute Gasteiger partial charge is 0.244 e. The number of hydrogen-bond acceptors (Lipinski definition) is 3. The molecule has 1 aliphatic heterocycles. The molecule has 1 heterocycles. The monoisotopic (exact) mass is 346 g/mol. The molecule has 0 radical (unpaired) electrons. The third kappa shape index (κ3) is 2.82. The zero-order valence-electron chi connectivity index (χ0n) is 10.5. The average molecular weight is 347 g/mol. The summed E-state index contributed by atoms with van der Waals surface area (Å²) in [6.45, 7) is 2.38. The third-order valence-electron chi connectivity index (χ3n) is 3.26. The molecule has 0 aliphatic carbocycles. The van der Waals surface area contributed by atoms with Crippen LogP contribution in [-0.4, -0.2) is 31.7 Å². The van der Waals surface area contributed by atoms with Crippen molar-refractivity contribution in [3.8, 4) is 0 Å². The summed E-state index contributed by atoms with van der Waals surface area (Å²) >= 11 is 3.28. The van der Waals surface area contributed by atoms with Crippen molar-refractivity contribution >= 4 is 31.9 Å². The number of amides is 1. The first-order chi connectivity index (χ1) is 8.82. The standard InChI is InChI=1S/C12H15BrN2O3S/c1-8-2-3-11(10(13)6-8)19(17,18)15-5-4-9(7-15)12(14)16/h2-3,6,9H,4-5,7H2,1H3,(H2,14,16). The topological polar surface area (TPSA) is 80.5 Å². The Kier molecular flexibility index (Phi) is 3.98. The predicted octanol–water partition coefficient (Wildman–Crippen LogP) is 1.25. The first-order valence-electron chi connectivity index (χ1n) is 5.88. The Bertz CT molecular complexity index is 615. The molecule has 1 fully saturated rings. The summed E-state index contributed by atoms with van der Waals surface area (Å²) < 4.78 is 26.8. The molecular formula is C12H15BrN2O3S. The quantitative estimate of drug-likeness (QED) is 0.894. The van der Waals surface area contributed by atoms with E-state index >= 15 is 0 Å². The number of hydrogen-bond donors (Lipinski definition) is 1. The van der Waals surface area contributed by atoms with Crippen LogP contribution < -0.4 is 5.73 Å². The van der Waals surface area contributed by atoms with Gasteiger partial charge in [0.15, 0.2) is 0 Å². The maximum absolute atomic E-state index is 12.5. The van der Waals surface area contributed by atoms with Gasteiger partial charge in [-0.1, -0.05) is 6.07 Å². The van der Waals surface area contributed by atoms with Gasteiger partial charge < -0.3 is 5.73 Å². The highest BCUT2D eigenvalue weighted by molar-refractivity contribution is 9.10. The molecule has 0 bridgehead atoms. The fraction of sp³-hybridized carbons (Fsp3) is 0.417. The van der Waals surface area contributed by atoms with Gasteiger partial charge in [-0.05, 0) is 47.0 Å². The zero-order valence-corrected chi connectivity index (χ0v) is 12.9. The molecule has 1 saturated heterocycles. The minimum Gasteiger partial charge on any atom is -0.369 e. The average Bonchev–Trinajstić information content (AvgIpc) is 2.78. The summed E-state index contributed by atoms with van der Waals surface area (Å²) in [6, 6.07) is 5.08. The lowest BCUT2D eigenvalue weighted by atomic mass is 10.1. The van der Waals surface area contributed by atoms with Crippen molar-refractivity contribution in [2.24, 2.45) is 11.7 Å². The number of carbonyl (C=O) groups excluding carboxylic acids is 1. The van der Waals surface area contributed by atoms with E-state index in [0.29, 0.717) is 17.4 Å². The van der Waals surface area contributed by atoms with Gasteiger partial charge in [0.1, 0.15) is 0 Å². The van der Waals surface area contributed by atoms with E-state index in [1.165, 1.54) is 4.31 Å². The first-order valence-corrected chi connectivity index (χ1v) is 8.11. The molecule has 104 valence electrons. The highest BCUT2D eigenvalue weighted by Gasteiger charge is 2.35. The second-order valence-corrected chi connectivity index (χ2v) is 7.45. The lowest BCUT2D eigenvalue weighted by Crippen LogP contribution is -2.32. The van der Waals surface area contributed by atoms with Crippen LogP contribution in [0.2, 0.25) is 0 Å². The maximum atomic E-state index is 12.5. The molecule has 1 aliphatic rings. The van der Waals surface area contributed by atoms with Crippen LogP contribution >= 0.6 is 15.9 Å². The zero-order chi connectivity index (χ0) is 14.2. The van der Waals surface area contributed by atoms with Crippen molar-refractivity contribution in [2.45, 2.75) is 18.2 Å². The molecule has 0 aromatic heterocycles. The molecule has 7 heteroatoms. The highest BCUT2D eigenvalue weighted by Crippen LogP contribution is 2.29. The van der Waals surface area contributed by atoms with E-state index in [-0.39, 0.29) is 17.4 Å². The van der Waals surface area contributed by atoms with Gasteiger partial charge in [-0.25, -0.2) is 8.42 Å². The first kappa shape index (κ1) is 14.5. The lowest BCUT2D eigenvalue weighted by Gasteiger charge is -2.17. The molecule has 1 atom stereocenters. The number of nitrogens with two attached hydrogens (primary N) is 1. The van der Waals surface area contributed by atoms with Gasteiger partial charge in [-0.2, -0.15) is 4.31 Å². The Morgan fingerprint density at radius 2 is 2.16 bits per heavy atom. The van der Waals surface area contributed by atoms with E-state index in [1.807, 2.05) is 6.92 Å². The minimum atomic E-state index is -3.57. The van der Waals surface area contributed by atoms with Crippen LogP contribution in [0, 0.1) is 12.8 Å². The minimum absolute atomic E-state index is 0.165. The maximum Gasteiger partial charge on any atom is 0.244 e. The molecule has 1 unspecified atom stereocenters. The van der Waals surface area contributed by atoms with E-state index in [2.05, 4.69) is 15.9 Å². The number of sulfonamides is 1. The van der Waals surface area contributed by atoms with Gasteiger partial charge in [-0.3, -0.25) is 4.79 Å². The van der Waals surface area contributed by atoms with Crippen molar-refractivity contribution in [1.82, 2.24) is 4.31 Å². The molecule has 1 aromatic carbocycles. The van der Waals surface area contributed by atoms with Crippen LogP contribution in [0.15, 0.2) is 27.6 Å².